The molecular formula is C18H17F5N4O3S. The predicted molar refractivity (Wildman–Crippen MR) is 102 cm³/mol. The SMILES string of the molecule is CC(NS(=O)(=O)c1c2c(ccn2C)c(C(=O)Nc2ccc(F)c(F)c2)n1C)C(F)(F)F. The van der Waals surface area contributed by atoms with E-state index in [4.69, 9.17) is 0 Å². The number of hydrogen-bond donors (Lipinski definition) is 2. The summed E-state index contributed by atoms with van der Waals surface area (Å²) in [5.74, 6) is -3.20. The number of alkyl halides is 3. The van der Waals surface area contributed by atoms with Crippen LogP contribution in [-0.4, -0.2) is 35.7 Å². The van der Waals surface area contributed by atoms with Gasteiger partial charge in [-0.15, -0.1) is 0 Å². The van der Waals surface area contributed by atoms with Gasteiger partial charge in [-0.2, -0.15) is 17.9 Å². The van der Waals surface area contributed by atoms with Crippen LogP contribution in [0.15, 0.2) is 35.5 Å². The summed E-state index contributed by atoms with van der Waals surface area (Å²) in [5.41, 5.74) is -0.289. The number of rotatable bonds is 5. The van der Waals surface area contributed by atoms with E-state index in [0.717, 1.165) is 22.8 Å². The van der Waals surface area contributed by atoms with Gasteiger partial charge >= 0.3 is 6.18 Å². The van der Waals surface area contributed by atoms with Crippen molar-refractivity contribution < 1.29 is 35.2 Å². The van der Waals surface area contributed by atoms with Crippen LogP contribution in [0.1, 0.15) is 17.4 Å². The van der Waals surface area contributed by atoms with E-state index >= 15 is 0 Å². The largest absolute Gasteiger partial charge is 0.404 e. The van der Waals surface area contributed by atoms with E-state index in [-0.39, 0.29) is 22.3 Å². The van der Waals surface area contributed by atoms with Crippen molar-refractivity contribution in [2.75, 3.05) is 5.32 Å². The molecule has 1 unspecified atom stereocenters. The van der Waals surface area contributed by atoms with Crippen LogP contribution in [0.2, 0.25) is 0 Å². The molecule has 2 aromatic heterocycles. The van der Waals surface area contributed by atoms with Gasteiger partial charge in [0.15, 0.2) is 16.7 Å². The normalized spacial score (nSPS) is 13.5. The Kier molecular flexibility index (Phi) is 5.61. The maximum atomic E-state index is 13.4. The Morgan fingerprint density at radius 1 is 1.10 bits per heavy atom. The van der Waals surface area contributed by atoms with Gasteiger partial charge in [-0.3, -0.25) is 4.79 Å². The molecule has 2 heterocycles. The molecule has 31 heavy (non-hydrogen) atoms. The third kappa shape index (κ3) is 4.14. The smallest absolute Gasteiger partial charge is 0.348 e. The number of amides is 1. The molecule has 13 heteroatoms. The molecule has 0 saturated carbocycles. The third-order valence-corrected chi connectivity index (χ3v) is 6.28. The summed E-state index contributed by atoms with van der Waals surface area (Å²) in [6.07, 6.45) is -3.39. The summed E-state index contributed by atoms with van der Waals surface area (Å²) in [6, 6.07) is 1.68. The highest BCUT2D eigenvalue weighted by Gasteiger charge is 2.40. The average molecular weight is 464 g/mol. The number of nitrogens with zero attached hydrogens (tertiary/aromatic N) is 2. The zero-order chi connectivity index (χ0) is 23.3. The summed E-state index contributed by atoms with van der Waals surface area (Å²) in [6.45, 7) is 0.652. The Balaban J connectivity index is 2.10. The number of sulfonamides is 1. The summed E-state index contributed by atoms with van der Waals surface area (Å²) in [5, 5.41) is 1.92. The van der Waals surface area contributed by atoms with Crippen LogP contribution in [0.5, 0.6) is 0 Å². The number of halogens is 5. The predicted octanol–water partition coefficient (Wildman–Crippen LogP) is 3.28. The van der Waals surface area contributed by atoms with Gasteiger partial charge < -0.3 is 14.5 Å². The van der Waals surface area contributed by atoms with Gasteiger partial charge in [-0.05, 0) is 25.1 Å². The minimum atomic E-state index is -4.82. The number of anilines is 1. The molecule has 0 aliphatic rings. The molecule has 3 rings (SSSR count). The maximum Gasteiger partial charge on any atom is 0.404 e. The molecule has 1 atom stereocenters. The molecule has 0 saturated heterocycles. The summed E-state index contributed by atoms with van der Waals surface area (Å²) >= 11 is 0. The molecule has 0 spiro atoms. The quantitative estimate of drug-likeness (QED) is 0.569. The van der Waals surface area contributed by atoms with E-state index in [1.54, 1.807) is 4.72 Å². The van der Waals surface area contributed by atoms with Crippen LogP contribution in [0, 0.1) is 11.6 Å². The number of aryl methyl sites for hydroxylation is 1. The topological polar surface area (TPSA) is 85.1 Å². The van der Waals surface area contributed by atoms with Crippen LogP contribution in [0.3, 0.4) is 0 Å². The van der Waals surface area contributed by atoms with Crippen molar-refractivity contribution in [1.82, 2.24) is 13.9 Å². The molecule has 0 aliphatic heterocycles. The van der Waals surface area contributed by atoms with Crippen molar-refractivity contribution >= 4 is 32.5 Å². The van der Waals surface area contributed by atoms with Gasteiger partial charge in [0.1, 0.15) is 11.7 Å². The van der Waals surface area contributed by atoms with E-state index in [9.17, 15) is 35.2 Å². The van der Waals surface area contributed by atoms with Crippen molar-refractivity contribution in [2.24, 2.45) is 14.1 Å². The lowest BCUT2D eigenvalue weighted by atomic mass is 10.2. The number of benzene rings is 1. The number of hydrogen-bond acceptors (Lipinski definition) is 3. The fourth-order valence-electron chi connectivity index (χ4n) is 3.13. The summed E-state index contributed by atoms with van der Waals surface area (Å²) in [4.78, 5) is 12.8. The number of carbonyl (C=O) groups is 1. The first-order valence-corrected chi connectivity index (χ1v) is 10.2. The minimum Gasteiger partial charge on any atom is -0.348 e. The number of fused-ring (bicyclic) bond motifs is 1. The third-order valence-electron chi connectivity index (χ3n) is 4.64. The molecule has 7 nitrogen and oxygen atoms in total. The highest BCUT2D eigenvalue weighted by Crippen LogP contribution is 2.31. The standard InChI is InChI=1S/C18H17F5N4O3S/c1-9(18(21,22)23)25-31(29,30)17-15-11(6-7-26(15)2)14(27(17)3)16(28)24-10-4-5-12(19)13(20)8-10/h4-9,25H,1-3H3,(H,24,28). The Morgan fingerprint density at radius 3 is 2.32 bits per heavy atom. The van der Waals surface area contributed by atoms with E-state index in [1.807, 2.05) is 0 Å². The average Bonchev–Trinajstić information content (AvgIpc) is 3.13. The number of carbonyl (C=O) groups excluding carboxylic acids is 1. The van der Waals surface area contributed by atoms with E-state index in [2.05, 4.69) is 5.32 Å². The van der Waals surface area contributed by atoms with E-state index in [0.29, 0.717) is 6.92 Å². The maximum absolute atomic E-state index is 13.4. The van der Waals surface area contributed by atoms with Crippen LogP contribution < -0.4 is 10.0 Å². The van der Waals surface area contributed by atoms with Crippen LogP contribution in [0.25, 0.3) is 10.9 Å². The van der Waals surface area contributed by atoms with Gasteiger partial charge in [0.25, 0.3) is 15.9 Å². The molecule has 2 N–H and O–H groups in total. The lowest BCUT2D eigenvalue weighted by Gasteiger charge is -2.18. The first kappa shape index (κ1) is 22.7. The molecule has 168 valence electrons. The Labute approximate surface area is 173 Å². The Bertz CT molecular complexity index is 1280. The van der Waals surface area contributed by atoms with Crippen LogP contribution in [0.4, 0.5) is 27.6 Å². The second-order valence-corrected chi connectivity index (χ2v) is 8.50. The molecule has 3 aromatic rings. The highest BCUT2D eigenvalue weighted by atomic mass is 32.2. The van der Waals surface area contributed by atoms with Gasteiger partial charge in [0.2, 0.25) is 0 Å². The van der Waals surface area contributed by atoms with Crippen molar-refractivity contribution in [3.8, 4) is 0 Å². The lowest BCUT2D eigenvalue weighted by Crippen LogP contribution is -2.43. The molecular weight excluding hydrogens is 447 g/mol. The van der Waals surface area contributed by atoms with Crippen LogP contribution in [-0.2, 0) is 24.1 Å². The molecule has 1 aromatic carbocycles. The second-order valence-electron chi connectivity index (χ2n) is 6.87. The van der Waals surface area contributed by atoms with Gasteiger partial charge in [-0.25, -0.2) is 17.2 Å². The molecule has 1 amide bonds. The molecule has 0 radical (unpaired) electrons. The Hall–Kier alpha value is -2.93. The first-order chi connectivity index (χ1) is 14.2. The van der Waals surface area contributed by atoms with Crippen molar-refractivity contribution in [3.63, 3.8) is 0 Å². The van der Waals surface area contributed by atoms with Crippen LogP contribution >= 0.6 is 0 Å². The molecule has 0 fully saturated rings. The minimum absolute atomic E-state index is 0.000175. The summed E-state index contributed by atoms with van der Waals surface area (Å²) < 4.78 is 94.7. The molecule has 0 bridgehead atoms. The zero-order valence-corrected chi connectivity index (χ0v) is 17.2. The number of nitrogens with one attached hydrogen (secondary N) is 2. The van der Waals surface area contributed by atoms with Crippen molar-refractivity contribution in [2.45, 2.75) is 24.2 Å². The van der Waals surface area contributed by atoms with E-state index < -0.39 is 44.8 Å². The fraction of sp³-hybridized carbons (Fsp3) is 0.278. The monoisotopic (exact) mass is 464 g/mol. The number of aromatic nitrogens is 2. The van der Waals surface area contributed by atoms with Gasteiger partial charge in [-0.1, -0.05) is 0 Å². The van der Waals surface area contributed by atoms with E-state index in [1.165, 1.54) is 30.9 Å². The first-order valence-electron chi connectivity index (χ1n) is 8.73. The lowest BCUT2D eigenvalue weighted by molar-refractivity contribution is -0.147. The Morgan fingerprint density at radius 2 is 1.74 bits per heavy atom. The van der Waals surface area contributed by atoms with Gasteiger partial charge in [0.05, 0.1) is 5.52 Å². The molecule has 0 aliphatic carbocycles. The van der Waals surface area contributed by atoms with Crippen molar-refractivity contribution in [1.29, 1.82) is 0 Å². The highest BCUT2D eigenvalue weighted by molar-refractivity contribution is 7.89. The van der Waals surface area contributed by atoms with Gasteiger partial charge in [0, 0.05) is 37.4 Å². The second kappa shape index (κ2) is 7.64. The zero-order valence-electron chi connectivity index (χ0n) is 16.4. The fourth-order valence-corrected chi connectivity index (χ4v) is 4.80. The summed E-state index contributed by atoms with van der Waals surface area (Å²) in [7, 11) is -2.04. The van der Waals surface area contributed by atoms with Crippen molar-refractivity contribution in [3.05, 3.63) is 47.8 Å².